The molecule has 0 bridgehead atoms. The molecule has 1 saturated heterocycles. The van der Waals surface area contributed by atoms with Crippen LogP contribution in [0.15, 0.2) is 66.7 Å². The molecular weight excluding hydrogens is 788 g/mol. The van der Waals surface area contributed by atoms with Gasteiger partial charge in [-0.15, -0.1) is 0 Å². The summed E-state index contributed by atoms with van der Waals surface area (Å²) in [4.78, 5) is 88.8. The van der Waals surface area contributed by atoms with Gasteiger partial charge in [0.2, 0.25) is 6.29 Å². The van der Waals surface area contributed by atoms with Gasteiger partial charge in [-0.05, 0) is 42.2 Å². The summed E-state index contributed by atoms with van der Waals surface area (Å²) in [5.41, 5.74) is -0.926. The molecule has 2 aliphatic rings. The maximum absolute atomic E-state index is 13.7. The third-order valence-corrected chi connectivity index (χ3v) is 10.5. The topological polar surface area (TPSA) is 281 Å². The molecule has 3 aromatic rings. The van der Waals surface area contributed by atoms with E-state index in [9.17, 15) is 62.6 Å². The van der Waals surface area contributed by atoms with Crippen LogP contribution in [-0.4, -0.2) is 100 Å². The molecular formula is C38H38N2O17S. The van der Waals surface area contributed by atoms with Gasteiger partial charge < -0.3 is 34.3 Å². The predicted molar refractivity (Wildman–Crippen MR) is 196 cm³/mol. The first kappa shape index (κ1) is 42.7. The number of nitro groups is 1. The molecule has 0 spiro atoms. The van der Waals surface area contributed by atoms with Crippen LogP contribution in [0, 0.1) is 27.9 Å². The first-order chi connectivity index (χ1) is 27.4. The van der Waals surface area contributed by atoms with Gasteiger partial charge >= 0.3 is 23.9 Å². The zero-order chi connectivity index (χ0) is 42.5. The molecule has 1 fully saturated rings. The number of carbonyl (C=O) groups is 6. The number of hydrogen-bond donors (Lipinski definition) is 3. The number of nitro benzene ring substituents is 1. The molecule has 2 amide bonds. The van der Waals surface area contributed by atoms with Crippen molar-refractivity contribution in [1.29, 1.82) is 0 Å². The van der Waals surface area contributed by atoms with E-state index >= 15 is 0 Å². The van der Waals surface area contributed by atoms with Gasteiger partial charge in [-0.3, -0.25) is 39.0 Å². The Labute approximate surface area is 330 Å². The van der Waals surface area contributed by atoms with Crippen molar-refractivity contribution in [2.75, 3.05) is 18.6 Å². The Kier molecular flexibility index (Phi) is 13.1. The van der Waals surface area contributed by atoms with E-state index in [1.165, 1.54) is 30.3 Å². The number of nitrogens with zero attached hydrogens (tertiary/aromatic N) is 2. The SMILES string of the molecule is CCOc1cc([C@@H](CS(C)(=O)=O)N2C(=O)c3cccc([N+](=O)[O-])c3C2=O)ccc1O[C@@H]1O[C@H](C(=O)OCc2ccccc2)[C@@H](CC(=O)O)[C@H](CC(=O)O)[C@H]1CC(=O)O. The molecule has 0 aliphatic carbocycles. The van der Waals surface area contributed by atoms with E-state index in [1.807, 2.05) is 0 Å². The maximum atomic E-state index is 13.7. The van der Waals surface area contributed by atoms with E-state index in [4.69, 9.17) is 18.9 Å². The van der Waals surface area contributed by atoms with Gasteiger partial charge in [-0.25, -0.2) is 13.2 Å². The fraction of sp³-hybridized carbons (Fsp3) is 0.368. The van der Waals surface area contributed by atoms with Crippen molar-refractivity contribution in [1.82, 2.24) is 4.90 Å². The lowest BCUT2D eigenvalue weighted by Gasteiger charge is -2.44. The minimum Gasteiger partial charge on any atom is -0.490 e. The third kappa shape index (κ3) is 9.75. The number of carbonyl (C=O) groups excluding carboxylic acids is 3. The highest BCUT2D eigenvalue weighted by molar-refractivity contribution is 7.90. The Hall–Kier alpha value is -6.41. The highest BCUT2D eigenvalue weighted by Gasteiger charge is 2.52. The Balaban J connectivity index is 1.56. The molecule has 0 radical (unpaired) electrons. The van der Waals surface area contributed by atoms with E-state index in [0.717, 1.165) is 12.3 Å². The molecule has 2 aliphatic heterocycles. The lowest BCUT2D eigenvalue weighted by molar-refractivity contribution is -0.385. The van der Waals surface area contributed by atoms with Crippen LogP contribution in [-0.2, 0) is 45.1 Å². The predicted octanol–water partition coefficient (Wildman–Crippen LogP) is 3.50. The summed E-state index contributed by atoms with van der Waals surface area (Å²) < 4.78 is 48.9. The van der Waals surface area contributed by atoms with E-state index in [1.54, 1.807) is 37.3 Å². The second-order valence-electron chi connectivity index (χ2n) is 13.6. The number of fused-ring (bicyclic) bond motifs is 1. The van der Waals surface area contributed by atoms with Crippen molar-refractivity contribution in [3.8, 4) is 11.5 Å². The van der Waals surface area contributed by atoms with E-state index in [-0.39, 0.29) is 35.8 Å². The fourth-order valence-electron chi connectivity index (χ4n) is 7.21. The number of rotatable bonds is 18. The zero-order valence-corrected chi connectivity index (χ0v) is 31.7. The summed E-state index contributed by atoms with van der Waals surface area (Å²) in [5, 5.41) is 41.3. The number of imide groups is 1. The maximum Gasteiger partial charge on any atom is 0.336 e. The fourth-order valence-corrected chi connectivity index (χ4v) is 8.13. The van der Waals surface area contributed by atoms with Gasteiger partial charge in [0.25, 0.3) is 17.5 Å². The number of carboxylic acids is 3. The van der Waals surface area contributed by atoms with Gasteiger partial charge in [0, 0.05) is 30.6 Å². The number of hydrogen-bond acceptors (Lipinski definition) is 14. The summed E-state index contributed by atoms with van der Waals surface area (Å²) in [6.45, 7) is 1.24. The van der Waals surface area contributed by atoms with Crippen LogP contribution >= 0.6 is 0 Å². The summed E-state index contributed by atoms with van der Waals surface area (Å²) in [7, 11) is -3.97. The lowest BCUT2D eigenvalue weighted by atomic mass is 9.71. The Morgan fingerprint density at radius 2 is 1.50 bits per heavy atom. The molecule has 0 aromatic heterocycles. The molecule has 0 saturated carbocycles. The second kappa shape index (κ2) is 17.8. The summed E-state index contributed by atoms with van der Waals surface area (Å²) in [6.07, 6.45) is -5.02. The Bertz CT molecular complexity index is 2230. The quantitative estimate of drug-likeness (QED) is 0.0716. The van der Waals surface area contributed by atoms with Crippen LogP contribution in [0.5, 0.6) is 11.5 Å². The highest BCUT2D eigenvalue weighted by Crippen LogP contribution is 2.45. The van der Waals surface area contributed by atoms with Crippen LogP contribution in [0.25, 0.3) is 0 Å². The minimum absolute atomic E-state index is 0.00215. The standard InChI is InChI=1S/C38H38N2O17S/c1-3-54-29-14-21(27(19-58(2,52)53)39-35(47)22-10-7-11-26(40(50)51)33(22)36(39)48)12-13-28(29)56-38-25(17-32(45)46)23(15-30(41)42)24(16-31(43)44)34(57-38)37(49)55-18-20-8-5-4-6-9-20/h4-14,23-25,27,34,38H,3,15-19H2,1-2H3,(H,41,42)(H,43,44)(H,45,46)/t23-,24-,25+,27+,34-,38+/m0/s1. The molecule has 58 heavy (non-hydrogen) atoms. The molecule has 19 nitrogen and oxygen atoms in total. The molecule has 5 rings (SSSR count). The first-order valence-corrected chi connectivity index (χ1v) is 19.7. The van der Waals surface area contributed by atoms with Gasteiger partial charge in [0.15, 0.2) is 17.6 Å². The molecule has 0 unspecified atom stereocenters. The van der Waals surface area contributed by atoms with Crippen molar-refractivity contribution >= 4 is 51.2 Å². The van der Waals surface area contributed by atoms with Gasteiger partial charge in [0.1, 0.15) is 22.0 Å². The zero-order valence-electron chi connectivity index (χ0n) is 30.9. The molecule has 3 aromatic carbocycles. The van der Waals surface area contributed by atoms with Gasteiger partial charge in [-0.2, -0.15) is 0 Å². The monoisotopic (exact) mass is 826 g/mol. The van der Waals surface area contributed by atoms with Crippen LogP contribution in [0.2, 0.25) is 0 Å². The van der Waals surface area contributed by atoms with Crippen molar-refractivity contribution < 1.29 is 76.4 Å². The van der Waals surface area contributed by atoms with Crippen molar-refractivity contribution in [2.45, 2.75) is 51.2 Å². The van der Waals surface area contributed by atoms with Gasteiger partial charge in [-0.1, -0.05) is 42.5 Å². The molecule has 308 valence electrons. The number of ether oxygens (including phenoxy) is 4. The lowest BCUT2D eigenvalue weighted by Crippen LogP contribution is -2.54. The smallest absolute Gasteiger partial charge is 0.336 e. The van der Waals surface area contributed by atoms with Crippen molar-refractivity contribution in [3.63, 3.8) is 0 Å². The average Bonchev–Trinajstić information content (AvgIpc) is 3.40. The van der Waals surface area contributed by atoms with E-state index < -0.39 is 123 Å². The van der Waals surface area contributed by atoms with Gasteiger partial charge in [0.05, 0.1) is 41.7 Å². The number of carboxylic acid groups (broad SMARTS) is 3. The summed E-state index contributed by atoms with van der Waals surface area (Å²) >= 11 is 0. The second-order valence-corrected chi connectivity index (χ2v) is 15.8. The normalized spacial score (nSPS) is 20.8. The minimum atomic E-state index is -3.97. The molecule has 2 heterocycles. The van der Waals surface area contributed by atoms with E-state index in [2.05, 4.69) is 0 Å². The Morgan fingerprint density at radius 3 is 2.10 bits per heavy atom. The van der Waals surface area contributed by atoms with Crippen LogP contribution in [0.3, 0.4) is 0 Å². The number of aliphatic carboxylic acids is 3. The number of esters is 1. The van der Waals surface area contributed by atoms with Crippen LogP contribution < -0.4 is 9.47 Å². The first-order valence-electron chi connectivity index (χ1n) is 17.7. The largest absolute Gasteiger partial charge is 0.490 e. The number of benzene rings is 3. The number of sulfone groups is 1. The van der Waals surface area contributed by atoms with Crippen molar-refractivity contribution in [3.05, 3.63) is 99.1 Å². The third-order valence-electron chi connectivity index (χ3n) is 9.60. The molecule has 3 N–H and O–H groups in total. The highest BCUT2D eigenvalue weighted by atomic mass is 32.2. The van der Waals surface area contributed by atoms with Crippen LogP contribution in [0.4, 0.5) is 5.69 Å². The van der Waals surface area contributed by atoms with Crippen LogP contribution in [0.1, 0.15) is 64.1 Å². The van der Waals surface area contributed by atoms with Crippen molar-refractivity contribution in [2.24, 2.45) is 17.8 Å². The number of amides is 2. The van der Waals surface area contributed by atoms with E-state index in [0.29, 0.717) is 10.5 Å². The molecule has 6 atom stereocenters. The Morgan fingerprint density at radius 1 is 0.862 bits per heavy atom. The molecule has 20 heteroatoms. The summed E-state index contributed by atoms with van der Waals surface area (Å²) in [5.74, 6) is -12.7. The summed E-state index contributed by atoms with van der Waals surface area (Å²) in [6, 6.07) is 14.0. The average molecular weight is 827 g/mol.